The highest BCUT2D eigenvalue weighted by Gasteiger charge is 2.19. The summed E-state index contributed by atoms with van der Waals surface area (Å²) in [5.74, 6) is 0.930. The number of carbonyl (C=O) groups is 1. The van der Waals surface area contributed by atoms with Gasteiger partial charge in [0.15, 0.2) is 5.78 Å². The van der Waals surface area contributed by atoms with Crippen LogP contribution in [0.3, 0.4) is 0 Å². The summed E-state index contributed by atoms with van der Waals surface area (Å²) in [5, 5.41) is 4.95. The number of hydrogen-bond donors (Lipinski definition) is 1. The number of aryl methyl sites for hydroxylation is 3. The van der Waals surface area contributed by atoms with Gasteiger partial charge in [-0.15, -0.1) is 0 Å². The lowest BCUT2D eigenvalue weighted by Gasteiger charge is -2.15. The standard InChI is InChI=1S/C18H21N3O2/c1-11-15(13(3)23-20-11)9-21(4)10-17(22)18-12(2)19-16-8-6-5-7-14(16)18/h5-8,19H,9-10H2,1-4H3. The van der Waals surface area contributed by atoms with Crippen LogP contribution in [0.2, 0.25) is 0 Å². The second-order valence-electron chi connectivity index (χ2n) is 6.07. The first-order valence-electron chi connectivity index (χ1n) is 7.68. The van der Waals surface area contributed by atoms with Gasteiger partial charge in [-0.2, -0.15) is 0 Å². The fourth-order valence-electron chi connectivity index (χ4n) is 3.01. The summed E-state index contributed by atoms with van der Waals surface area (Å²) in [6.45, 7) is 6.77. The quantitative estimate of drug-likeness (QED) is 0.734. The fourth-order valence-corrected chi connectivity index (χ4v) is 3.01. The number of fused-ring (bicyclic) bond motifs is 1. The number of nitrogens with one attached hydrogen (secondary N) is 1. The molecule has 2 heterocycles. The molecule has 2 aromatic heterocycles. The number of Topliss-reactive ketones (excluding diaryl/α,β-unsaturated/α-hetero) is 1. The molecule has 0 saturated carbocycles. The van der Waals surface area contributed by atoms with Crippen LogP contribution in [-0.4, -0.2) is 34.4 Å². The number of nitrogens with zero attached hydrogens (tertiary/aromatic N) is 2. The molecule has 3 aromatic rings. The van der Waals surface area contributed by atoms with Gasteiger partial charge in [-0.1, -0.05) is 23.4 Å². The number of rotatable bonds is 5. The van der Waals surface area contributed by atoms with Gasteiger partial charge in [-0.3, -0.25) is 9.69 Å². The van der Waals surface area contributed by atoms with Crippen molar-refractivity contribution in [3.63, 3.8) is 0 Å². The lowest BCUT2D eigenvalue weighted by atomic mass is 10.1. The van der Waals surface area contributed by atoms with Crippen LogP contribution in [0.15, 0.2) is 28.8 Å². The highest BCUT2D eigenvalue weighted by molar-refractivity contribution is 6.10. The first-order valence-corrected chi connectivity index (χ1v) is 7.68. The van der Waals surface area contributed by atoms with E-state index in [1.165, 1.54) is 0 Å². The summed E-state index contributed by atoms with van der Waals surface area (Å²) in [7, 11) is 1.94. The number of aromatic nitrogens is 2. The van der Waals surface area contributed by atoms with Crippen molar-refractivity contribution >= 4 is 16.7 Å². The van der Waals surface area contributed by atoms with Gasteiger partial charge in [0.2, 0.25) is 0 Å². The molecule has 120 valence electrons. The fraction of sp³-hybridized carbons (Fsp3) is 0.333. The van der Waals surface area contributed by atoms with Crippen LogP contribution in [0.1, 0.15) is 33.1 Å². The van der Waals surface area contributed by atoms with E-state index in [1.54, 1.807) is 0 Å². The van der Waals surface area contributed by atoms with E-state index >= 15 is 0 Å². The molecule has 0 aliphatic heterocycles. The number of hydrogen-bond acceptors (Lipinski definition) is 4. The Kier molecular flexibility index (Phi) is 4.05. The number of benzene rings is 1. The normalized spacial score (nSPS) is 11.5. The predicted octanol–water partition coefficient (Wildman–Crippen LogP) is 3.40. The van der Waals surface area contributed by atoms with Crippen molar-refractivity contribution in [3.8, 4) is 0 Å². The second kappa shape index (κ2) is 6.01. The Bertz CT molecular complexity index is 841. The third-order valence-corrected chi connectivity index (χ3v) is 4.20. The first kappa shape index (κ1) is 15.5. The molecule has 5 heteroatoms. The second-order valence-corrected chi connectivity index (χ2v) is 6.07. The minimum atomic E-state index is 0.120. The van der Waals surface area contributed by atoms with Crippen molar-refractivity contribution in [3.05, 3.63) is 52.5 Å². The minimum absolute atomic E-state index is 0.120. The SMILES string of the molecule is Cc1noc(C)c1CN(C)CC(=O)c1c(C)[nH]c2ccccc12. The number of H-pyrrole nitrogens is 1. The smallest absolute Gasteiger partial charge is 0.179 e. The Labute approximate surface area is 135 Å². The minimum Gasteiger partial charge on any atom is -0.361 e. The first-order chi connectivity index (χ1) is 11.0. The van der Waals surface area contributed by atoms with E-state index in [2.05, 4.69) is 10.1 Å². The van der Waals surface area contributed by atoms with Crippen LogP contribution in [0.4, 0.5) is 0 Å². The van der Waals surface area contributed by atoms with Gasteiger partial charge < -0.3 is 9.51 Å². The van der Waals surface area contributed by atoms with E-state index in [-0.39, 0.29) is 5.78 Å². The highest BCUT2D eigenvalue weighted by atomic mass is 16.5. The van der Waals surface area contributed by atoms with Gasteiger partial charge in [0.1, 0.15) is 5.76 Å². The van der Waals surface area contributed by atoms with E-state index in [1.807, 2.05) is 57.0 Å². The number of carbonyl (C=O) groups excluding carboxylic acids is 1. The van der Waals surface area contributed by atoms with Crippen molar-refractivity contribution in [2.24, 2.45) is 0 Å². The third kappa shape index (κ3) is 2.92. The molecule has 0 unspecified atom stereocenters. The van der Waals surface area contributed by atoms with Crippen molar-refractivity contribution in [2.45, 2.75) is 27.3 Å². The maximum Gasteiger partial charge on any atom is 0.179 e. The summed E-state index contributed by atoms with van der Waals surface area (Å²) in [4.78, 5) is 18.0. The Morgan fingerprint density at radius 1 is 1.26 bits per heavy atom. The van der Waals surface area contributed by atoms with E-state index in [4.69, 9.17) is 4.52 Å². The predicted molar refractivity (Wildman–Crippen MR) is 89.7 cm³/mol. The molecule has 0 amide bonds. The molecule has 5 nitrogen and oxygen atoms in total. The van der Waals surface area contributed by atoms with E-state index < -0.39 is 0 Å². The monoisotopic (exact) mass is 311 g/mol. The molecule has 0 saturated heterocycles. The van der Waals surface area contributed by atoms with Crippen molar-refractivity contribution in [2.75, 3.05) is 13.6 Å². The van der Waals surface area contributed by atoms with Crippen LogP contribution in [0.5, 0.6) is 0 Å². The lowest BCUT2D eigenvalue weighted by molar-refractivity contribution is 0.0943. The Hall–Kier alpha value is -2.40. The highest BCUT2D eigenvalue weighted by Crippen LogP contribution is 2.23. The van der Waals surface area contributed by atoms with Crippen LogP contribution >= 0.6 is 0 Å². The average Bonchev–Trinajstić information content (AvgIpc) is 3.00. The molecule has 0 atom stereocenters. The van der Waals surface area contributed by atoms with Crippen LogP contribution in [0, 0.1) is 20.8 Å². The Balaban J connectivity index is 1.79. The summed E-state index contributed by atoms with van der Waals surface area (Å²) in [5.41, 5.74) is 4.64. The van der Waals surface area contributed by atoms with E-state index in [9.17, 15) is 4.79 Å². The molecule has 0 radical (unpaired) electrons. The number of aromatic amines is 1. The Morgan fingerprint density at radius 3 is 2.70 bits per heavy atom. The van der Waals surface area contributed by atoms with Crippen molar-refractivity contribution in [1.82, 2.24) is 15.0 Å². The van der Waals surface area contributed by atoms with Gasteiger partial charge in [0.25, 0.3) is 0 Å². The van der Waals surface area contributed by atoms with Crippen LogP contribution in [-0.2, 0) is 6.54 Å². The molecule has 1 N–H and O–H groups in total. The van der Waals surface area contributed by atoms with E-state index in [0.29, 0.717) is 13.1 Å². The molecule has 3 rings (SSSR count). The van der Waals surface area contributed by atoms with Crippen molar-refractivity contribution < 1.29 is 9.32 Å². The number of ketones is 1. The largest absolute Gasteiger partial charge is 0.361 e. The van der Waals surface area contributed by atoms with Gasteiger partial charge in [-0.25, -0.2) is 0 Å². The zero-order valence-electron chi connectivity index (χ0n) is 13.9. The van der Waals surface area contributed by atoms with Gasteiger partial charge in [-0.05, 0) is 33.9 Å². The van der Waals surface area contributed by atoms with Gasteiger partial charge in [0.05, 0.1) is 12.2 Å². The van der Waals surface area contributed by atoms with E-state index in [0.717, 1.165) is 39.2 Å². The lowest BCUT2D eigenvalue weighted by Crippen LogP contribution is -2.26. The average molecular weight is 311 g/mol. The van der Waals surface area contributed by atoms with Gasteiger partial charge in [0, 0.05) is 34.3 Å². The molecule has 0 spiro atoms. The maximum absolute atomic E-state index is 12.7. The topological polar surface area (TPSA) is 62.1 Å². The molecular weight excluding hydrogens is 290 g/mol. The van der Waals surface area contributed by atoms with Crippen LogP contribution in [0.25, 0.3) is 10.9 Å². The van der Waals surface area contributed by atoms with Crippen molar-refractivity contribution in [1.29, 1.82) is 0 Å². The Morgan fingerprint density at radius 2 is 2.00 bits per heavy atom. The number of likely N-dealkylation sites (N-methyl/N-ethyl adjacent to an activating group) is 1. The molecular formula is C18H21N3O2. The molecule has 1 aromatic carbocycles. The summed E-state index contributed by atoms with van der Waals surface area (Å²) in [6, 6.07) is 7.91. The third-order valence-electron chi connectivity index (χ3n) is 4.20. The maximum atomic E-state index is 12.7. The molecule has 0 aliphatic rings. The summed E-state index contributed by atoms with van der Waals surface area (Å²) in [6.07, 6.45) is 0. The molecule has 0 fully saturated rings. The summed E-state index contributed by atoms with van der Waals surface area (Å²) < 4.78 is 5.18. The zero-order valence-corrected chi connectivity index (χ0v) is 13.9. The summed E-state index contributed by atoms with van der Waals surface area (Å²) >= 11 is 0. The molecule has 0 bridgehead atoms. The van der Waals surface area contributed by atoms with Gasteiger partial charge >= 0.3 is 0 Å². The zero-order chi connectivity index (χ0) is 16.6. The van der Waals surface area contributed by atoms with Crippen LogP contribution < -0.4 is 0 Å². The molecule has 23 heavy (non-hydrogen) atoms. The number of para-hydroxylation sites is 1. The molecule has 0 aliphatic carbocycles.